The molecule has 0 atom stereocenters. The maximum Gasteiger partial charge on any atom is 0.339 e. The first kappa shape index (κ1) is 36.7. The Labute approximate surface area is 290 Å². The van der Waals surface area contributed by atoms with Gasteiger partial charge in [-0.3, -0.25) is 4.79 Å². The average molecular weight is 725 g/mol. The van der Waals surface area contributed by atoms with E-state index in [2.05, 4.69) is 0 Å². The van der Waals surface area contributed by atoms with Gasteiger partial charge in [0.2, 0.25) is 21.7 Å². The molecular weight excluding hydrogens is 695 g/mol. The number of carboxylic acid groups (broad SMARTS) is 1. The summed E-state index contributed by atoms with van der Waals surface area (Å²) in [7, 11) is -4.73. The first-order valence-electron chi connectivity index (χ1n) is 15.2. The molecule has 0 fully saturated rings. The lowest BCUT2D eigenvalue weighted by molar-refractivity contribution is -0.118. The minimum atomic E-state index is -5.48. The van der Waals surface area contributed by atoms with E-state index in [9.17, 15) is 45.1 Å². The van der Waals surface area contributed by atoms with Crippen molar-refractivity contribution in [3.05, 3.63) is 160 Å². The molecule has 0 unspecified atom stereocenters. The molecule has 5 rings (SSSR count). The van der Waals surface area contributed by atoms with Crippen LogP contribution >= 0.6 is 0 Å². The summed E-state index contributed by atoms with van der Waals surface area (Å²) < 4.78 is 104. The van der Waals surface area contributed by atoms with Crippen LogP contribution in [0.25, 0.3) is 0 Å². The molecule has 51 heavy (non-hydrogen) atoms. The highest BCUT2D eigenvalue weighted by atomic mass is 32.2. The van der Waals surface area contributed by atoms with E-state index in [1.807, 2.05) is 0 Å². The number of nitrogens with zero attached hydrogens (tertiary/aromatic N) is 2. The third kappa shape index (κ3) is 7.92. The van der Waals surface area contributed by atoms with Gasteiger partial charge in [-0.1, -0.05) is 91.0 Å². The largest absolute Gasteiger partial charge is 0.488 e. The SMILES string of the molecule is CN(CC(=O)N(Cc1ccccc1)c1ccc(C(=O)O)c(OCc2ccccc2)c1Cc1ccccc1)S(=O)(=O)c1c(F)c(F)c(F)c(F)c1F. The van der Waals surface area contributed by atoms with E-state index in [-0.39, 0.29) is 46.4 Å². The summed E-state index contributed by atoms with van der Waals surface area (Å²) >= 11 is 0. The van der Waals surface area contributed by atoms with Gasteiger partial charge >= 0.3 is 5.97 Å². The maximum atomic E-state index is 14.6. The van der Waals surface area contributed by atoms with Crippen molar-refractivity contribution in [1.29, 1.82) is 0 Å². The minimum absolute atomic E-state index is 0.0404. The van der Waals surface area contributed by atoms with E-state index in [0.29, 0.717) is 16.7 Å². The van der Waals surface area contributed by atoms with Gasteiger partial charge in [-0.05, 0) is 28.8 Å². The highest BCUT2D eigenvalue weighted by Crippen LogP contribution is 2.37. The van der Waals surface area contributed by atoms with Gasteiger partial charge in [0.05, 0.1) is 18.8 Å². The van der Waals surface area contributed by atoms with Crippen LogP contribution in [0.5, 0.6) is 5.75 Å². The number of amides is 1. The lowest BCUT2D eigenvalue weighted by atomic mass is 9.97. The number of hydrogen-bond donors (Lipinski definition) is 1. The monoisotopic (exact) mass is 724 g/mol. The predicted molar refractivity (Wildman–Crippen MR) is 177 cm³/mol. The molecule has 0 radical (unpaired) electrons. The highest BCUT2D eigenvalue weighted by Gasteiger charge is 2.37. The number of hydrogen-bond acceptors (Lipinski definition) is 5. The minimum Gasteiger partial charge on any atom is -0.488 e. The number of aromatic carboxylic acids is 1. The van der Waals surface area contributed by atoms with Crippen LogP contribution < -0.4 is 9.64 Å². The molecule has 0 bridgehead atoms. The van der Waals surface area contributed by atoms with Crippen LogP contribution in [0.4, 0.5) is 27.6 Å². The molecule has 0 heterocycles. The average Bonchev–Trinajstić information content (AvgIpc) is 3.12. The van der Waals surface area contributed by atoms with Gasteiger partial charge in [0.1, 0.15) is 17.9 Å². The Kier molecular flexibility index (Phi) is 11.2. The van der Waals surface area contributed by atoms with Crippen molar-refractivity contribution < 1.29 is 49.8 Å². The Balaban J connectivity index is 1.64. The van der Waals surface area contributed by atoms with Crippen LogP contribution in [0, 0.1) is 29.1 Å². The molecule has 0 saturated carbocycles. The van der Waals surface area contributed by atoms with Crippen molar-refractivity contribution >= 4 is 27.6 Å². The fraction of sp³-hybridized carbons (Fsp3) is 0.135. The molecule has 0 aliphatic heterocycles. The number of rotatable bonds is 13. The van der Waals surface area contributed by atoms with Crippen molar-refractivity contribution in [3.8, 4) is 5.75 Å². The second-order valence-corrected chi connectivity index (χ2v) is 13.3. The van der Waals surface area contributed by atoms with Crippen LogP contribution in [-0.2, 0) is 34.4 Å². The van der Waals surface area contributed by atoms with Gasteiger partial charge in [-0.2, -0.15) is 4.31 Å². The molecule has 1 N–H and O–H groups in total. The molecular formula is C37H29F5N2O6S. The smallest absolute Gasteiger partial charge is 0.339 e. The van der Waals surface area contributed by atoms with Gasteiger partial charge in [0.25, 0.3) is 0 Å². The summed E-state index contributed by atoms with van der Waals surface area (Å²) in [5, 5.41) is 10.2. The van der Waals surface area contributed by atoms with E-state index in [4.69, 9.17) is 4.74 Å². The second kappa shape index (κ2) is 15.5. The number of carbonyl (C=O) groups excluding carboxylic acids is 1. The van der Waals surface area contributed by atoms with E-state index >= 15 is 0 Å². The highest BCUT2D eigenvalue weighted by molar-refractivity contribution is 7.89. The fourth-order valence-corrected chi connectivity index (χ4v) is 6.53. The molecule has 0 aliphatic carbocycles. The summed E-state index contributed by atoms with van der Waals surface area (Å²) in [4.78, 5) is 25.7. The number of carbonyl (C=O) groups is 2. The molecule has 0 saturated heterocycles. The molecule has 8 nitrogen and oxygen atoms in total. The van der Waals surface area contributed by atoms with Gasteiger partial charge < -0.3 is 14.7 Å². The second-order valence-electron chi connectivity index (χ2n) is 11.3. The quantitative estimate of drug-likeness (QED) is 0.0790. The Hall–Kier alpha value is -5.60. The van der Waals surface area contributed by atoms with Crippen molar-refractivity contribution in [2.24, 2.45) is 0 Å². The van der Waals surface area contributed by atoms with Gasteiger partial charge in [0, 0.05) is 19.0 Å². The number of carboxylic acids is 1. The third-order valence-corrected chi connectivity index (χ3v) is 9.71. The first-order valence-corrected chi connectivity index (χ1v) is 16.7. The number of anilines is 1. The molecule has 0 aromatic heterocycles. The maximum absolute atomic E-state index is 14.6. The molecule has 5 aromatic carbocycles. The summed E-state index contributed by atoms with van der Waals surface area (Å²) in [6.45, 7) is -1.38. The van der Waals surface area contributed by atoms with Crippen LogP contribution in [-0.4, -0.2) is 43.3 Å². The van der Waals surface area contributed by atoms with Crippen molar-refractivity contribution in [3.63, 3.8) is 0 Å². The zero-order valence-corrected chi connectivity index (χ0v) is 27.6. The van der Waals surface area contributed by atoms with Crippen LogP contribution in [0.3, 0.4) is 0 Å². The number of sulfonamides is 1. The number of halogens is 5. The summed E-state index contributed by atoms with van der Waals surface area (Å²) in [5.41, 5.74) is 2.09. The molecule has 5 aromatic rings. The third-order valence-electron chi connectivity index (χ3n) is 7.89. The standard InChI is InChI=1S/C37H29F5N2O6S/c1-43(51(48,49)36-33(41)31(39)30(38)32(40)34(36)42)21-29(45)44(20-24-13-7-3-8-14-24)28-18-17-26(37(46)47)35(50-22-25-15-9-4-10-16-25)27(28)19-23-11-5-2-6-12-23/h2-18H,19-22H2,1H3,(H,46,47). The summed E-state index contributed by atoms with van der Waals surface area (Å²) in [6.07, 6.45) is 0.0404. The van der Waals surface area contributed by atoms with E-state index in [1.54, 1.807) is 91.0 Å². The lowest BCUT2D eigenvalue weighted by Gasteiger charge is -2.29. The van der Waals surface area contributed by atoms with E-state index in [0.717, 1.165) is 11.9 Å². The Morgan fingerprint density at radius 1 is 0.686 bits per heavy atom. The van der Waals surface area contributed by atoms with E-state index in [1.165, 1.54) is 12.1 Å². The number of benzene rings is 5. The zero-order chi connectivity index (χ0) is 36.9. The Morgan fingerprint density at radius 3 is 1.71 bits per heavy atom. The van der Waals surface area contributed by atoms with Crippen molar-refractivity contribution in [2.45, 2.75) is 24.5 Å². The fourth-order valence-electron chi connectivity index (χ4n) is 5.31. The van der Waals surface area contributed by atoms with Gasteiger partial charge in [0.15, 0.2) is 28.2 Å². The zero-order valence-electron chi connectivity index (χ0n) is 26.8. The lowest BCUT2D eigenvalue weighted by Crippen LogP contribution is -2.42. The number of ether oxygens (including phenoxy) is 1. The van der Waals surface area contributed by atoms with Gasteiger partial charge in [-0.15, -0.1) is 0 Å². The molecule has 264 valence electrons. The Morgan fingerprint density at radius 2 is 1.18 bits per heavy atom. The van der Waals surface area contributed by atoms with Crippen LogP contribution in [0.15, 0.2) is 108 Å². The van der Waals surface area contributed by atoms with E-state index < -0.39 is 62.4 Å². The molecule has 14 heteroatoms. The molecule has 0 spiro atoms. The van der Waals surface area contributed by atoms with Crippen molar-refractivity contribution in [2.75, 3.05) is 18.5 Å². The number of likely N-dealkylation sites (N-methyl/N-ethyl adjacent to an activating group) is 1. The molecule has 1 amide bonds. The van der Waals surface area contributed by atoms with Crippen LogP contribution in [0.2, 0.25) is 0 Å². The van der Waals surface area contributed by atoms with Crippen molar-refractivity contribution in [1.82, 2.24) is 4.31 Å². The first-order chi connectivity index (χ1) is 24.3. The van der Waals surface area contributed by atoms with Crippen LogP contribution in [0.1, 0.15) is 32.6 Å². The predicted octanol–water partition coefficient (Wildman–Crippen LogP) is 7.10. The summed E-state index contributed by atoms with van der Waals surface area (Å²) in [6, 6.07) is 28.7. The normalized spacial score (nSPS) is 11.4. The van der Waals surface area contributed by atoms with Gasteiger partial charge in [-0.25, -0.2) is 35.2 Å². The summed E-state index contributed by atoms with van der Waals surface area (Å²) in [5.74, 6) is -15.0. The topological polar surface area (TPSA) is 104 Å². The molecule has 0 aliphatic rings. The Bertz CT molecular complexity index is 2140.